The summed E-state index contributed by atoms with van der Waals surface area (Å²) in [7, 11) is 0. The van der Waals surface area contributed by atoms with Gasteiger partial charge in [-0.25, -0.2) is 0 Å². The largest absolute Gasteiger partial charge is 0.384 e. The van der Waals surface area contributed by atoms with E-state index in [1.165, 1.54) is 117 Å². The van der Waals surface area contributed by atoms with Gasteiger partial charge >= 0.3 is 0 Å². The van der Waals surface area contributed by atoms with Crippen molar-refractivity contribution >= 4 is 15.9 Å². The summed E-state index contributed by atoms with van der Waals surface area (Å²) in [4.78, 5) is 0. The molecular formula is C36H47BrO. The maximum absolute atomic E-state index is 11.3. The van der Waals surface area contributed by atoms with Crippen molar-refractivity contribution in [2.24, 2.45) is 0 Å². The first-order chi connectivity index (χ1) is 18.6. The van der Waals surface area contributed by atoms with Gasteiger partial charge in [0.2, 0.25) is 0 Å². The van der Waals surface area contributed by atoms with E-state index in [9.17, 15) is 5.11 Å². The number of rotatable bonds is 16. The second-order valence-corrected chi connectivity index (χ2v) is 12.3. The molecule has 38 heavy (non-hydrogen) atoms. The first kappa shape index (κ1) is 29.1. The Bertz CT molecular complexity index is 1120. The van der Waals surface area contributed by atoms with Gasteiger partial charge in [0.05, 0.1) is 0 Å². The third kappa shape index (κ3) is 6.80. The van der Waals surface area contributed by atoms with Crippen molar-refractivity contribution in [2.75, 3.05) is 0 Å². The van der Waals surface area contributed by atoms with Gasteiger partial charge < -0.3 is 5.11 Å². The van der Waals surface area contributed by atoms with Crippen LogP contribution in [0.1, 0.15) is 132 Å². The van der Waals surface area contributed by atoms with E-state index in [1.54, 1.807) is 0 Å². The first-order valence-corrected chi connectivity index (χ1v) is 16.1. The number of halogens is 1. The summed E-state index contributed by atoms with van der Waals surface area (Å²) in [6, 6.07) is 23.8. The Morgan fingerprint density at radius 3 is 1.74 bits per heavy atom. The fraction of sp³-hybridized carbons (Fsp3) is 0.500. The molecule has 1 N–H and O–H groups in total. The van der Waals surface area contributed by atoms with Crippen molar-refractivity contribution in [3.05, 3.63) is 93.5 Å². The van der Waals surface area contributed by atoms with Crippen molar-refractivity contribution in [3.63, 3.8) is 0 Å². The molecule has 0 radical (unpaired) electrons. The van der Waals surface area contributed by atoms with Crippen molar-refractivity contribution in [1.29, 1.82) is 0 Å². The monoisotopic (exact) mass is 574 g/mol. The molecule has 1 unspecified atom stereocenters. The van der Waals surface area contributed by atoms with Gasteiger partial charge in [0, 0.05) is 9.89 Å². The predicted octanol–water partition coefficient (Wildman–Crippen LogP) is 11.3. The van der Waals surface area contributed by atoms with E-state index in [0.29, 0.717) is 0 Å². The average molecular weight is 576 g/mol. The van der Waals surface area contributed by atoms with Crippen molar-refractivity contribution in [1.82, 2.24) is 0 Å². The standard InChI is InChI=1S/C36H47BrO/c1-3-5-7-9-11-16-24-36(25-17-12-10-8-6-4-2)33-26-29(35(38)28-18-14-13-15-19-28)20-22-31(33)32-23-21-30(37)27-34(32)36/h13-15,18-23,26-27,35,38H,3-12,16-17,24-25H2,1-2H3. The molecule has 0 aromatic heterocycles. The van der Waals surface area contributed by atoms with Gasteiger partial charge in [-0.15, -0.1) is 0 Å². The van der Waals surface area contributed by atoms with E-state index in [2.05, 4.69) is 66.2 Å². The summed E-state index contributed by atoms with van der Waals surface area (Å²) in [6.07, 6.45) is 17.6. The molecular weight excluding hydrogens is 528 g/mol. The molecule has 2 heteroatoms. The number of benzene rings is 3. The fourth-order valence-corrected chi connectivity index (χ4v) is 6.92. The Kier molecular flexibility index (Phi) is 11.1. The molecule has 1 atom stereocenters. The Morgan fingerprint density at radius 1 is 0.605 bits per heavy atom. The van der Waals surface area contributed by atoms with Crippen LogP contribution in [0, 0.1) is 0 Å². The Labute approximate surface area is 240 Å². The van der Waals surface area contributed by atoms with E-state index < -0.39 is 6.10 Å². The highest BCUT2D eigenvalue weighted by Gasteiger charge is 2.42. The zero-order valence-electron chi connectivity index (χ0n) is 23.7. The minimum absolute atomic E-state index is 0.0242. The molecule has 204 valence electrons. The molecule has 0 fully saturated rings. The molecule has 0 bridgehead atoms. The van der Waals surface area contributed by atoms with E-state index in [0.717, 1.165) is 11.1 Å². The maximum atomic E-state index is 11.3. The van der Waals surface area contributed by atoms with E-state index in [4.69, 9.17) is 0 Å². The van der Waals surface area contributed by atoms with Crippen LogP contribution in [0.5, 0.6) is 0 Å². The quantitative estimate of drug-likeness (QED) is 0.168. The van der Waals surface area contributed by atoms with Gasteiger partial charge in [0.1, 0.15) is 6.10 Å². The highest BCUT2D eigenvalue weighted by molar-refractivity contribution is 9.10. The van der Waals surface area contributed by atoms with Gasteiger partial charge in [-0.1, -0.05) is 161 Å². The lowest BCUT2D eigenvalue weighted by Crippen LogP contribution is -2.26. The molecule has 1 aliphatic carbocycles. The van der Waals surface area contributed by atoms with Gasteiger partial charge in [-0.3, -0.25) is 0 Å². The summed E-state index contributed by atoms with van der Waals surface area (Å²) in [5.74, 6) is 0. The number of aliphatic hydroxyl groups excluding tert-OH is 1. The van der Waals surface area contributed by atoms with E-state index >= 15 is 0 Å². The molecule has 0 amide bonds. The topological polar surface area (TPSA) is 20.2 Å². The van der Waals surface area contributed by atoms with Crippen LogP contribution >= 0.6 is 15.9 Å². The summed E-state index contributed by atoms with van der Waals surface area (Å²) in [5.41, 5.74) is 7.70. The maximum Gasteiger partial charge on any atom is 0.104 e. The summed E-state index contributed by atoms with van der Waals surface area (Å²) in [5, 5.41) is 11.3. The Morgan fingerprint density at radius 2 is 1.13 bits per heavy atom. The molecule has 0 spiro atoms. The lowest BCUT2D eigenvalue weighted by atomic mass is 9.70. The Hall–Kier alpha value is -1.90. The molecule has 3 aromatic carbocycles. The average Bonchev–Trinajstić information content (AvgIpc) is 3.21. The SMILES string of the molecule is CCCCCCCCC1(CCCCCCCC)c2cc(Br)ccc2-c2ccc(C(O)c3ccccc3)cc21. The third-order valence-corrected chi connectivity index (χ3v) is 9.19. The third-order valence-electron chi connectivity index (χ3n) is 8.69. The van der Waals surface area contributed by atoms with Gasteiger partial charge in [-0.2, -0.15) is 0 Å². The molecule has 0 saturated carbocycles. The van der Waals surface area contributed by atoms with Crippen molar-refractivity contribution < 1.29 is 5.11 Å². The zero-order chi connectivity index (χ0) is 26.8. The van der Waals surface area contributed by atoms with Crippen LogP contribution in [-0.4, -0.2) is 5.11 Å². The first-order valence-electron chi connectivity index (χ1n) is 15.3. The van der Waals surface area contributed by atoms with E-state index in [1.807, 2.05) is 30.3 Å². The lowest BCUT2D eigenvalue weighted by Gasteiger charge is -2.33. The van der Waals surface area contributed by atoms with Crippen molar-refractivity contribution in [3.8, 4) is 11.1 Å². The highest BCUT2D eigenvalue weighted by atomic mass is 79.9. The number of hydrogen-bond donors (Lipinski definition) is 1. The highest BCUT2D eigenvalue weighted by Crippen LogP contribution is 2.55. The molecule has 3 aromatic rings. The molecule has 4 rings (SSSR count). The number of unbranched alkanes of at least 4 members (excludes halogenated alkanes) is 10. The fourth-order valence-electron chi connectivity index (χ4n) is 6.56. The molecule has 1 aliphatic rings. The summed E-state index contributed by atoms with van der Waals surface area (Å²) < 4.78 is 1.17. The normalized spacial score (nSPS) is 14.3. The van der Waals surface area contributed by atoms with Crippen LogP contribution in [-0.2, 0) is 5.41 Å². The minimum atomic E-state index is -0.599. The van der Waals surface area contributed by atoms with Crippen LogP contribution in [0.15, 0.2) is 71.2 Å². The molecule has 0 saturated heterocycles. The van der Waals surface area contributed by atoms with Crippen LogP contribution in [0.4, 0.5) is 0 Å². The zero-order valence-corrected chi connectivity index (χ0v) is 25.2. The number of aliphatic hydroxyl groups is 1. The molecule has 0 heterocycles. The van der Waals surface area contributed by atoms with Gasteiger partial charge in [-0.05, 0) is 58.4 Å². The van der Waals surface area contributed by atoms with E-state index in [-0.39, 0.29) is 5.41 Å². The second-order valence-electron chi connectivity index (χ2n) is 11.4. The predicted molar refractivity (Wildman–Crippen MR) is 167 cm³/mol. The van der Waals surface area contributed by atoms with Crippen LogP contribution < -0.4 is 0 Å². The smallest absolute Gasteiger partial charge is 0.104 e. The molecule has 1 nitrogen and oxygen atoms in total. The van der Waals surface area contributed by atoms with Crippen LogP contribution in [0.25, 0.3) is 11.1 Å². The number of fused-ring (bicyclic) bond motifs is 3. The summed E-state index contributed by atoms with van der Waals surface area (Å²) >= 11 is 3.81. The molecule has 0 aliphatic heterocycles. The summed E-state index contributed by atoms with van der Waals surface area (Å²) in [6.45, 7) is 4.59. The Balaban J connectivity index is 1.68. The van der Waals surface area contributed by atoms with Gasteiger partial charge in [0.25, 0.3) is 0 Å². The van der Waals surface area contributed by atoms with Crippen molar-refractivity contribution in [2.45, 2.75) is 115 Å². The van der Waals surface area contributed by atoms with Crippen LogP contribution in [0.3, 0.4) is 0 Å². The second kappa shape index (κ2) is 14.5. The number of hydrogen-bond acceptors (Lipinski definition) is 1. The van der Waals surface area contributed by atoms with Gasteiger partial charge in [0.15, 0.2) is 0 Å². The minimum Gasteiger partial charge on any atom is -0.384 e. The lowest BCUT2D eigenvalue weighted by molar-refractivity contribution is 0.220. The van der Waals surface area contributed by atoms with Crippen LogP contribution in [0.2, 0.25) is 0 Å².